The summed E-state index contributed by atoms with van der Waals surface area (Å²) < 4.78 is 58.1. The van der Waals surface area contributed by atoms with Gasteiger partial charge in [0, 0.05) is 8.10 Å². The number of aliphatic carboxylic acids is 1. The molecule has 2 aromatic rings. The monoisotopic (exact) mass is 489 g/mol. The van der Waals surface area contributed by atoms with Gasteiger partial charge < -0.3 is 10.4 Å². The Balaban J connectivity index is 0.000000412. The quantitative estimate of drug-likeness (QED) is 0.477. The maximum absolute atomic E-state index is 13.7. The lowest BCUT2D eigenvalue weighted by Gasteiger charge is -2.10. The molecule has 0 amide bonds. The number of carbonyl (C=O) groups is 2. The molecule has 0 aliphatic rings. The zero-order chi connectivity index (χ0) is 19.9. The number of halogens is 6. The summed E-state index contributed by atoms with van der Waals surface area (Å²) in [5, 5.41) is 9.86. The number of benzene rings is 2. The highest BCUT2D eigenvalue weighted by molar-refractivity contribution is 14.1. The molecule has 2 N–H and O–H groups in total. The molecule has 0 atom stereocenters. The van der Waals surface area contributed by atoms with Crippen LogP contribution in [0.3, 0.4) is 0 Å². The predicted molar refractivity (Wildman–Crippen MR) is 89.1 cm³/mol. The lowest BCUT2D eigenvalue weighted by atomic mass is 10.1. The van der Waals surface area contributed by atoms with E-state index in [1.54, 1.807) is 18.2 Å². The summed E-state index contributed by atoms with van der Waals surface area (Å²) in [7, 11) is 0. The molecule has 11 heteroatoms. The zero-order valence-electron chi connectivity index (χ0n) is 12.5. The van der Waals surface area contributed by atoms with Crippen LogP contribution in [0.1, 0.15) is 10.4 Å². The Labute approximate surface area is 156 Å². The summed E-state index contributed by atoms with van der Waals surface area (Å²) >= 11 is 1.98. The van der Waals surface area contributed by atoms with E-state index in [4.69, 9.17) is 9.90 Å². The van der Waals surface area contributed by atoms with Gasteiger partial charge in [-0.05, 0) is 52.9 Å². The minimum absolute atomic E-state index is 0.0112. The van der Waals surface area contributed by atoms with Crippen molar-refractivity contribution in [3.8, 4) is 0 Å². The second-order valence-electron chi connectivity index (χ2n) is 4.46. The van der Waals surface area contributed by atoms with Gasteiger partial charge in [0.1, 0.15) is 5.82 Å². The summed E-state index contributed by atoms with van der Waals surface area (Å²) in [6.07, 6.45) is -5.08. The van der Waals surface area contributed by atoms with Crippen LogP contribution in [-0.4, -0.2) is 23.2 Å². The molecule has 2 aromatic carbocycles. The predicted octanol–water partition coefficient (Wildman–Crippen LogP) is 4.85. The lowest BCUT2D eigenvalue weighted by Crippen LogP contribution is -2.21. The molecule has 5 nitrogen and oxygen atoms in total. The van der Waals surface area contributed by atoms with Crippen molar-refractivity contribution in [2.24, 2.45) is 0 Å². The molecule has 0 aliphatic carbocycles. The van der Waals surface area contributed by atoms with Crippen LogP contribution in [0, 0.1) is 9.39 Å². The molecular formula is C15H9F5INO4. The van der Waals surface area contributed by atoms with E-state index in [1.807, 2.05) is 22.6 Å². The first-order valence-electron chi connectivity index (χ1n) is 6.50. The van der Waals surface area contributed by atoms with Crippen LogP contribution in [0.25, 0.3) is 0 Å². The third-order valence-electron chi connectivity index (χ3n) is 2.66. The minimum Gasteiger partial charge on any atom is -0.475 e. The van der Waals surface area contributed by atoms with Crippen LogP contribution in [0.4, 0.5) is 33.5 Å². The molecule has 0 radical (unpaired) electrons. The zero-order valence-corrected chi connectivity index (χ0v) is 14.6. The Morgan fingerprint density at radius 2 is 1.65 bits per heavy atom. The number of rotatable bonds is 3. The number of carbonyl (C=O) groups excluding carboxylic acids is 1. The van der Waals surface area contributed by atoms with Gasteiger partial charge in [-0.15, -0.1) is 0 Å². The maximum atomic E-state index is 13.7. The van der Waals surface area contributed by atoms with Crippen LogP contribution in [0.5, 0.6) is 0 Å². The molecule has 2 rings (SSSR count). The fourth-order valence-corrected chi connectivity index (χ4v) is 2.00. The molecule has 0 unspecified atom stereocenters. The minimum atomic E-state index is -5.08. The van der Waals surface area contributed by atoms with Crippen LogP contribution >= 0.6 is 22.6 Å². The van der Waals surface area contributed by atoms with Crippen LogP contribution < -0.4 is 5.32 Å². The average molecular weight is 489 g/mol. The molecule has 0 heterocycles. The molecule has 0 spiro atoms. The molecule has 0 aliphatic heterocycles. The Bertz CT molecular complexity index is 798. The van der Waals surface area contributed by atoms with Gasteiger partial charge in [-0.25, -0.2) is 18.9 Å². The van der Waals surface area contributed by atoms with Gasteiger partial charge in [-0.3, -0.25) is 0 Å². The summed E-state index contributed by atoms with van der Waals surface area (Å²) in [4.78, 5) is 23.3. The third-order valence-corrected chi connectivity index (χ3v) is 3.33. The van der Waals surface area contributed by atoms with Crippen molar-refractivity contribution in [1.82, 2.24) is 0 Å². The normalized spacial score (nSPS) is 10.4. The SMILES string of the molecule is O=C(O)C(F)(F)F.O=C(OF)c1ccccc1Nc1ccc(I)cc1F. The van der Waals surface area contributed by atoms with Gasteiger partial charge in [-0.1, -0.05) is 12.1 Å². The summed E-state index contributed by atoms with van der Waals surface area (Å²) in [5.41, 5.74) is 0.452. The third kappa shape index (κ3) is 6.46. The van der Waals surface area contributed by atoms with Crippen molar-refractivity contribution in [3.63, 3.8) is 0 Å². The molecule has 0 aromatic heterocycles. The Kier molecular flexibility index (Phi) is 7.74. The number of anilines is 2. The average Bonchev–Trinajstić information content (AvgIpc) is 2.57. The van der Waals surface area contributed by atoms with E-state index >= 15 is 0 Å². The van der Waals surface area contributed by atoms with Crippen molar-refractivity contribution < 1.29 is 41.7 Å². The van der Waals surface area contributed by atoms with E-state index in [9.17, 15) is 26.9 Å². The summed E-state index contributed by atoms with van der Waals surface area (Å²) in [6, 6.07) is 10.7. The van der Waals surface area contributed by atoms with Gasteiger partial charge in [-0.2, -0.15) is 13.2 Å². The largest absolute Gasteiger partial charge is 0.490 e. The lowest BCUT2D eigenvalue weighted by molar-refractivity contribution is -0.192. The first kappa shape index (κ1) is 21.6. The summed E-state index contributed by atoms with van der Waals surface area (Å²) in [6.45, 7) is 0. The second-order valence-corrected chi connectivity index (χ2v) is 5.71. The van der Waals surface area contributed by atoms with Gasteiger partial charge in [0.05, 0.1) is 16.9 Å². The Morgan fingerprint density at radius 3 is 2.15 bits per heavy atom. The van der Waals surface area contributed by atoms with Crippen molar-refractivity contribution in [2.45, 2.75) is 6.18 Å². The number of alkyl halides is 3. The standard InChI is InChI=1S/C13H8F2INO2.C2HF3O2/c14-10-7-8(16)5-6-12(10)17-11-4-2-1-3-9(11)13(18)19-15;3-2(4,5)1(6)7/h1-7,17H;(H,6,7). The van der Waals surface area contributed by atoms with E-state index in [0.29, 0.717) is 0 Å². The van der Waals surface area contributed by atoms with Crippen LogP contribution in [0.15, 0.2) is 42.5 Å². The van der Waals surface area contributed by atoms with E-state index in [-0.39, 0.29) is 16.9 Å². The van der Waals surface area contributed by atoms with Crippen molar-refractivity contribution in [2.75, 3.05) is 5.32 Å². The number of carboxylic acid groups (broad SMARTS) is 1. The van der Waals surface area contributed by atoms with Gasteiger partial charge in [0.15, 0.2) is 0 Å². The molecule has 0 saturated heterocycles. The molecule has 0 bridgehead atoms. The maximum Gasteiger partial charge on any atom is 0.490 e. The number of para-hydroxylation sites is 1. The summed E-state index contributed by atoms with van der Waals surface area (Å²) in [5.74, 6) is -4.35. The fraction of sp³-hybridized carbons (Fsp3) is 0.0667. The van der Waals surface area contributed by atoms with Gasteiger partial charge >= 0.3 is 18.1 Å². The number of hydrogen-bond donors (Lipinski definition) is 2. The molecule has 0 saturated carbocycles. The van der Waals surface area contributed by atoms with Gasteiger partial charge in [0.25, 0.3) is 0 Å². The second kappa shape index (κ2) is 9.31. The first-order chi connectivity index (χ1) is 12.1. The van der Waals surface area contributed by atoms with Crippen molar-refractivity contribution >= 4 is 45.9 Å². The highest BCUT2D eigenvalue weighted by Gasteiger charge is 2.38. The van der Waals surface area contributed by atoms with E-state index < -0.39 is 23.9 Å². The highest BCUT2D eigenvalue weighted by atomic mass is 127. The highest BCUT2D eigenvalue weighted by Crippen LogP contribution is 2.24. The van der Waals surface area contributed by atoms with Crippen molar-refractivity contribution in [1.29, 1.82) is 0 Å². The van der Waals surface area contributed by atoms with Gasteiger partial charge in [0.2, 0.25) is 0 Å². The topological polar surface area (TPSA) is 75.6 Å². The first-order valence-corrected chi connectivity index (χ1v) is 7.58. The smallest absolute Gasteiger partial charge is 0.475 e. The molecular weight excluding hydrogens is 480 g/mol. The molecule has 26 heavy (non-hydrogen) atoms. The number of nitrogens with one attached hydrogen (secondary N) is 1. The van der Waals surface area contributed by atoms with E-state index in [1.165, 1.54) is 24.3 Å². The fourth-order valence-electron chi connectivity index (χ4n) is 1.55. The van der Waals surface area contributed by atoms with Crippen molar-refractivity contribution in [3.05, 3.63) is 57.4 Å². The van der Waals surface area contributed by atoms with Crippen LogP contribution in [0.2, 0.25) is 0 Å². The van der Waals surface area contributed by atoms with E-state index in [2.05, 4.69) is 10.3 Å². The Hall–Kier alpha value is -2.44. The molecule has 140 valence electrons. The van der Waals surface area contributed by atoms with E-state index in [0.717, 1.165) is 3.57 Å². The number of carboxylic acids is 1. The van der Waals surface area contributed by atoms with Crippen LogP contribution in [-0.2, 0) is 9.74 Å². The Morgan fingerprint density at radius 1 is 1.08 bits per heavy atom. The molecule has 0 fully saturated rings. The number of hydrogen-bond acceptors (Lipinski definition) is 4.